The van der Waals surface area contributed by atoms with E-state index in [4.69, 9.17) is 5.73 Å². The van der Waals surface area contributed by atoms with Crippen molar-refractivity contribution in [1.29, 1.82) is 0 Å². The molecule has 0 saturated carbocycles. The summed E-state index contributed by atoms with van der Waals surface area (Å²) in [5, 5.41) is 0. The van der Waals surface area contributed by atoms with Crippen molar-refractivity contribution < 1.29 is 0 Å². The Morgan fingerprint density at radius 1 is 1.18 bits per heavy atom. The Balaban J connectivity index is 2.10. The van der Waals surface area contributed by atoms with Gasteiger partial charge in [0.2, 0.25) is 0 Å². The Kier molecular flexibility index (Phi) is 3.94. The highest BCUT2D eigenvalue weighted by Gasteiger charge is 2.01. The molecule has 0 unspecified atom stereocenters. The Labute approximate surface area is 102 Å². The molecule has 3 heteroatoms. The fourth-order valence-corrected chi connectivity index (χ4v) is 1.93. The minimum atomic E-state index is 0.604. The van der Waals surface area contributed by atoms with Gasteiger partial charge in [-0.1, -0.05) is 37.6 Å². The SMILES string of the molecule is CCCc1cncn1Cc1ccc(CN)cc1. The van der Waals surface area contributed by atoms with Crippen LogP contribution in [-0.4, -0.2) is 9.55 Å². The lowest BCUT2D eigenvalue weighted by molar-refractivity contribution is 0.723. The summed E-state index contributed by atoms with van der Waals surface area (Å²) in [5.41, 5.74) is 9.35. The number of hydrogen-bond acceptors (Lipinski definition) is 2. The van der Waals surface area contributed by atoms with Crippen molar-refractivity contribution in [3.63, 3.8) is 0 Å². The molecule has 2 N–H and O–H groups in total. The van der Waals surface area contributed by atoms with Gasteiger partial charge >= 0.3 is 0 Å². The molecule has 0 amide bonds. The molecule has 0 bridgehead atoms. The number of nitrogens with two attached hydrogens (primary N) is 1. The molecular formula is C14H19N3. The van der Waals surface area contributed by atoms with E-state index < -0.39 is 0 Å². The van der Waals surface area contributed by atoms with Gasteiger partial charge in [0.15, 0.2) is 0 Å². The fourth-order valence-electron chi connectivity index (χ4n) is 1.93. The predicted molar refractivity (Wildman–Crippen MR) is 69.7 cm³/mol. The summed E-state index contributed by atoms with van der Waals surface area (Å²) >= 11 is 0. The lowest BCUT2D eigenvalue weighted by Gasteiger charge is -2.08. The van der Waals surface area contributed by atoms with Gasteiger partial charge in [-0.2, -0.15) is 0 Å². The maximum absolute atomic E-state index is 5.58. The molecule has 0 spiro atoms. The Morgan fingerprint density at radius 3 is 2.53 bits per heavy atom. The molecule has 1 aromatic carbocycles. The van der Waals surface area contributed by atoms with Crippen LogP contribution in [0.5, 0.6) is 0 Å². The first-order chi connectivity index (χ1) is 8.33. The highest BCUT2D eigenvalue weighted by atomic mass is 15.0. The third-order valence-corrected chi connectivity index (χ3v) is 2.92. The van der Waals surface area contributed by atoms with E-state index in [1.165, 1.54) is 16.8 Å². The summed E-state index contributed by atoms with van der Waals surface area (Å²) in [7, 11) is 0. The van der Waals surface area contributed by atoms with E-state index in [1.807, 2.05) is 12.5 Å². The lowest BCUT2D eigenvalue weighted by Crippen LogP contribution is -2.03. The first kappa shape index (κ1) is 11.9. The Bertz CT molecular complexity index is 457. The predicted octanol–water partition coefficient (Wildman–Crippen LogP) is 2.34. The van der Waals surface area contributed by atoms with Crippen LogP contribution >= 0.6 is 0 Å². The van der Waals surface area contributed by atoms with Crippen molar-refractivity contribution in [2.75, 3.05) is 0 Å². The summed E-state index contributed by atoms with van der Waals surface area (Å²) in [6, 6.07) is 8.45. The Hall–Kier alpha value is -1.61. The van der Waals surface area contributed by atoms with Gasteiger partial charge in [0.05, 0.1) is 6.33 Å². The van der Waals surface area contributed by atoms with Crippen molar-refractivity contribution in [1.82, 2.24) is 9.55 Å². The van der Waals surface area contributed by atoms with Crippen LogP contribution < -0.4 is 5.73 Å². The third-order valence-electron chi connectivity index (χ3n) is 2.92. The van der Waals surface area contributed by atoms with Gasteiger partial charge in [0.1, 0.15) is 0 Å². The van der Waals surface area contributed by atoms with Crippen molar-refractivity contribution in [3.8, 4) is 0 Å². The van der Waals surface area contributed by atoms with Gasteiger partial charge < -0.3 is 10.3 Å². The summed E-state index contributed by atoms with van der Waals surface area (Å²) in [6.45, 7) is 3.68. The van der Waals surface area contributed by atoms with Crippen LogP contribution in [0.4, 0.5) is 0 Å². The number of nitrogens with zero attached hydrogens (tertiary/aromatic N) is 2. The molecule has 1 heterocycles. The van der Waals surface area contributed by atoms with E-state index in [0.29, 0.717) is 6.54 Å². The summed E-state index contributed by atoms with van der Waals surface area (Å²) in [5.74, 6) is 0. The first-order valence-electron chi connectivity index (χ1n) is 6.10. The topological polar surface area (TPSA) is 43.8 Å². The maximum Gasteiger partial charge on any atom is 0.0951 e. The first-order valence-corrected chi connectivity index (χ1v) is 6.10. The largest absolute Gasteiger partial charge is 0.330 e. The molecule has 0 aliphatic carbocycles. The second-order valence-corrected chi connectivity index (χ2v) is 4.28. The number of aromatic nitrogens is 2. The third kappa shape index (κ3) is 2.94. The molecule has 90 valence electrons. The van der Waals surface area contributed by atoms with Crippen LogP contribution in [0, 0.1) is 0 Å². The van der Waals surface area contributed by atoms with Gasteiger partial charge in [-0.25, -0.2) is 4.98 Å². The van der Waals surface area contributed by atoms with Crippen LogP contribution in [0.2, 0.25) is 0 Å². The van der Waals surface area contributed by atoms with Crippen molar-refractivity contribution in [2.45, 2.75) is 32.9 Å². The quantitative estimate of drug-likeness (QED) is 0.855. The molecule has 2 rings (SSSR count). The standard InChI is InChI=1S/C14H19N3/c1-2-3-14-9-16-11-17(14)10-13-6-4-12(8-15)5-7-13/h4-7,9,11H,2-3,8,10,15H2,1H3. The molecule has 3 nitrogen and oxygen atoms in total. The average molecular weight is 229 g/mol. The second kappa shape index (κ2) is 5.64. The minimum Gasteiger partial charge on any atom is -0.330 e. The average Bonchev–Trinajstić information content (AvgIpc) is 2.78. The molecule has 17 heavy (non-hydrogen) atoms. The lowest BCUT2D eigenvalue weighted by atomic mass is 10.1. The number of hydrogen-bond donors (Lipinski definition) is 1. The van der Waals surface area contributed by atoms with Crippen LogP contribution in [0.25, 0.3) is 0 Å². The zero-order chi connectivity index (χ0) is 12.1. The smallest absolute Gasteiger partial charge is 0.0951 e. The summed E-state index contributed by atoms with van der Waals surface area (Å²) in [4.78, 5) is 4.21. The molecule has 0 saturated heterocycles. The molecular weight excluding hydrogens is 210 g/mol. The van der Waals surface area contributed by atoms with Gasteiger partial charge in [-0.3, -0.25) is 0 Å². The zero-order valence-electron chi connectivity index (χ0n) is 10.3. The number of rotatable bonds is 5. The van der Waals surface area contributed by atoms with Gasteiger partial charge in [0, 0.05) is 25.0 Å². The van der Waals surface area contributed by atoms with Crippen molar-refractivity contribution in [2.24, 2.45) is 5.73 Å². The van der Waals surface area contributed by atoms with Crippen LogP contribution in [0.3, 0.4) is 0 Å². The van der Waals surface area contributed by atoms with E-state index in [1.54, 1.807) is 0 Å². The molecule has 0 fully saturated rings. The van der Waals surface area contributed by atoms with Crippen molar-refractivity contribution >= 4 is 0 Å². The molecule has 0 radical (unpaired) electrons. The monoisotopic (exact) mass is 229 g/mol. The number of benzene rings is 1. The van der Waals surface area contributed by atoms with Crippen LogP contribution in [0.15, 0.2) is 36.8 Å². The number of aryl methyl sites for hydroxylation is 1. The summed E-state index contributed by atoms with van der Waals surface area (Å²) < 4.78 is 2.21. The van der Waals surface area contributed by atoms with E-state index in [0.717, 1.165) is 19.4 Å². The Morgan fingerprint density at radius 2 is 1.88 bits per heavy atom. The van der Waals surface area contributed by atoms with E-state index in [2.05, 4.69) is 40.7 Å². The molecule has 1 aromatic heterocycles. The molecule has 0 aliphatic rings. The maximum atomic E-state index is 5.58. The fraction of sp³-hybridized carbons (Fsp3) is 0.357. The van der Waals surface area contributed by atoms with Gasteiger partial charge in [-0.15, -0.1) is 0 Å². The normalized spacial score (nSPS) is 10.7. The van der Waals surface area contributed by atoms with E-state index in [9.17, 15) is 0 Å². The highest BCUT2D eigenvalue weighted by Crippen LogP contribution is 2.09. The second-order valence-electron chi connectivity index (χ2n) is 4.28. The van der Waals surface area contributed by atoms with Gasteiger partial charge in [0.25, 0.3) is 0 Å². The molecule has 0 aliphatic heterocycles. The number of imidazole rings is 1. The minimum absolute atomic E-state index is 0.604. The zero-order valence-corrected chi connectivity index (χ0v) is 10.3. The van der Waals surface area contributed by atoms with Gasteiger partial charge in [-0.05, 0) is 17.5 Å². The van der Waals surface area contributed by atoms with Crippen LogP contribution in [-0.2, 0) is 19.5 Å². The van der Waals surface area contributed by atoms with Crippen molar-refractivity contribution in [3.05, 3.63) is 53.6 Å². The highest BCUT2D eigenvalue weighted by molar-refractivity contribution is 5.23. The molecule has 0 atom stereocenters. The summed E-state index contributed by atoms with van der Waals surface area (Å²) in [6.07, 6.45) is 6.10. The van der Waals surface area contributed by atoms with E-state index >= 15 is 0 Å². The van der Waals surface area contributed by atoms with E-state index in [-0.39, 0.29) is 0 Å². The van der Waals surface area contributed by atoms with Crippen LogP contribution in [0.1, 0.15) is 30.2 Å². The molecule has 2 aromatic rings.